The van der Waals surface area contributed by atoms with Gasteiger partial charge in [-0.15, -0.1) is 0 Å². The summed E-state index contributed by atoms with van der Waals surface area (Å²) in [6, 6.07) is 2.89. The number of methoxy groups -OCH3 is 3. The number of benzene rings is 1. The summed E-state index contributed by atoms with van der Waals surface area (Å²) >= 11 is 0. The molecule has 34 heavy (non-hydrogen) atoms. The number of amides is 1. The number of ether oxygens (including phenoxy) is 4. The van der Waals surface area contributed by atoms with Gasteiger partial charge in [0.2, 0.25) is 11.7 Å². The Kier molecular flexibility index (Phi) is 12.6. The van der Waals surface area contributed by atoms with Crippen molar-refractivity contribution in [1.29, 1.82) is 0 Å². The third-order valence-electron chi connectivity index (χ3n) is 6.22. The molecule has 2 aliphatic rings. The van der Waals surface area contributed by atoms with Crippen molar-refractivity contribution in [2.45, 2.75) is 76.7 Å². The molecule has 1 heterocycles. The first-order valence-electron chi connectivity index (χ1n) is 12.4. The van der Waals surface area contributed by atoms with Gasteiger partial charge < -0.3 is 29.0 Å². The fraction of sp³-hybridized carbons (Fsp3) is 0.692. The number of aliphatic hydroxyl groups excluding tert-OH is 1. The number of rotatable bonds is 9. The zero-order valence-electron chi connectivity index (χ0n) is 21.0. The molecule has 1 unspecified atom stereocenters. The zero-order valence-corrected chi connectivity index (χ0v) is 21.0. The molecule has 1 atom stereocenters. The summed E-state index contributed by atoms with van der Waals surface area (Å²) in [7, 11) is 4.56. The topological polar surface area (TPSA) is 94.5 Å². The molecule has 1 saturated carbocycles. The molecule has 1 N–H and O–H groups in total. The van der Waals surface area contributed by atoms with Crippen molar-refractivity contribution in [1.82, 2.24) is 4.90 Å². The van der Waals surface area contributed by atoms with Gasteiger partial charge in [0.05, 0.1) is 34.4 Å². The normalized spacial score (nSPS) is 17.8. The van der Waals surface area contributed by atoms with Gasteiger partial charge in [-0.2, -0.15) is 0 Å². The van der Waals surface area contributed by atoms with Crippen molar-refractivity contribution in [3.8, 4) is 17.2 Å². The van der Waals surface area contributed by atoms with E-state index < -0.39 is 12.0 Å². The van der Waals surface area contributed by atoms with Crippen LogP contribution in [0.25, 0.3) is 0 Å². The molecule has 8 nitrogen and oxygen atoms in total. The van der Waals surface area contributed by atoms with Gasteiger partial charge in [0, 0.05) is 19.6 Å². The Bertz CT molecular complexity index is 727. The number of carbonyl (C=O) groups is 2. The second kappa shape index (κ2) is 15.4. The number of hydrogen-bond acceptors (Lipinski definition) is 7. The first-order valence-corrected chi connectivity index (χ1v) is 12.4. The second-order valence-corrected chi connectivity index (χ2v) is 8.68. The van der Waals surface area contributed by atoms with Crippen LogP contribution in [0.2, 0.25) is 0 Å². The summed E-state index contributed by atoms with van der Waals surface area (Å²) in [6.45, 7) is 0.630. The van der Waals surface area contributed by atoms with Crippen molar-refractivity contribution in [2.24, 2.45) is 0 Å². The molecule has 0 spiro atoms. The van der Waals surface area contributed by atoms with E-state index in [1.54, 1.807) is 17.0 Å². The van der Waals surface area contributed by atoms with Crippen LogP contribution in [0.5, 0.6) is 17.2 Å². The summed E-state index contributed by atoms with van der Waals surface area (Å²) in [4.78, 5) is 26.9. The minimum atomic E-state index is -0.581. The third kappa shape index (κ3) is 8.38. The molecule has 2 fully saturated rings. The Morgan fingerprint density at radius 1 is 0.912 bits per heavy atom. The largest absolute Gasteiger partial charge is 0.493 e. The maximum atomic E-state index is 12.9. The number of aliphatic hydroxyl groups is 1. The lowest BCUT2D eigenvalue weighted by Gasteiger charge is -2.34. The number of piperidine rings is 1. The Labute approximate surface area is 203 Å². The van der Waals surface area contributed by atoms with Crippen LogP contribution in [0.4, 0.5) is 0 Å². The van der Waals surface area contributed by atoms with E-state index in [0.29, 0.717) is 42.2 Å². The van der Waals surface area contributed by atoms with Gasteiger partial charge in [-0.3, -0.25) is 4.79 Å². The van der Waals surface area contributed by atoms with Gasteiger partial charge in [-0.05, 0) is 37.0 Å². The molecule has 0 aromatic heterocycles. The Hall–Kier alpha value is -2.48. The summed E-state index contributed by atoms with van der Waals surface area (Å²) in [5.41, 5.74) is 0.706. The van der Waals surface area contributed by atoms with Gasteiger partial charge in [0.1, 0.15) is 6.04 Å². The average molecular weight is 480 g/mol. The van der Waals surface area contributed by atoms with Crippen LogP contribution in [0.15, 0.2) is 12.1 Å². The quantitative estimate of drug-likeness (QED) is 0.424. The lowest BCUT2D eigenvalue weighted by Crippen LogP contribution is -2.49. The van der Waals surface area contributed by atoms with Crippen LogP contribution < -0.4 is 14.2 Å². The number of carbonyl (C=O) groups excluding carboxylic acids is 2. The number of nitrogens with zero attached hydrogens (tertiary/aromatic N) is 1. The smallest absolute Gasteiger partial charge is 0.328 e. The number of likely N-dealkylation sites (tertiary alicyclic amines) is 1. The van der Waals surface area contributed by atoms with Crippen molar-refractivity contribution in [3.05, 3.63) is 17.7 Å². The molecular weight excluding hydrogens is 438 g/mol. The first-order chi connectivity index (χ1) is 16.5. The highest BCUT2D eigenvalue weighted by atomic mass is 16.5. The molecule has 0 bridgehead atoms. The minimum absolute atomic E-state index is 0.0400. The summed E-state index contributed by atoms with van der Waals surface area (Å²) in [5, 5.41) is 8.83. The number of hydrogen-bond donors (Lipinski definition) is 1. The summed E-state index contributed by atoms with van der Waals surface area (Å²) in [5.74, 6) is 0.848. The van der Waals surface area contributed by atoms with Crippen molar-refractivity contribution < 1.29 is 33.6 Å². The standard InChI is InChI=1S/C20H29NO7.C6H12/c1-25-16-11-14(12-17(26-2)19(16)27-3)13-18(23)21-8-5-4-7-15(21)20(24)28-10-6-9-22;1-2-4-6-5-3-1/h11-12,15,22H,4-10,13H2,1-3H3;1-6H2. The highest BCUT2D eigenvalue weighted by Gasteiger charge is 2.33. The van der Waals surface area contributed by atoms with E-state index >= 15 is 0 Å². The average Bonchev–Trinajstić information content (AvgIpc) is 2.89. The predicted octanol–water partition coefficient (Wildman–Crippen LogP) is 3.90. The van der Waals surface area contributed by atoms with E-state index in [0.717, 1.165) is 12.8 Å². The van der Waals surface area contributed by atoms with Crippen LogP contribution >= 0.6 is 0 Å². The molecule has 1 aliphatic carbocycles. The lowest BCUT2D eigenvalue weighted by molar-refractivity contribution is -0.157. The predicted molar refractivity (Wildman–Crippen MR) is 130 cm³/mol. The zero-order chi connectivity index (χ0) is 24.8. The maximum absolute atomic E-state index is 12.9. The molecule has 3 rings (SSSR count). The molecular formula is C26H41NO7. The molecule has 192 valence electrons. The minimum Gasteiger partial charge on any atom is -0.493 e. The van der Waals surface area contributed by atoms with E-state index in [9.17, 15) is 9.59 Å². The molecule has 1 aliphatic heterocycles. The fourth-order valence-electron chi connectivity index (χ4n) is 4.38. The van der Waals surface area contributed by atoms with Crippen LogP contribution in [0.3, 0.4) is 0 Å². The lowest BCUT2D eigenvalue weighted by atomic mass is 10.0. The molecule has 1 aromatic rings. The molecule has 8 heteroatoms. The van der Waals surface area contributed by atoms with Gasteiger partial charge in [0.15, 0.2) is 11.5 Å². The molecule has 1 aromatic carbocycles. The fourth-order valence-corrected chi connectivity index (χ4v) is 4.38. The Morgan fingerprint density at radius 2 is 1.50 bits per heavy atom. The maximum Gasteiger partial charge on any atom is 0.328 e. The summed E-state index contributed by atoms with van der Waals surface area (Å²) < 4.78 is 21.2. The third-order valence-corrected chi connectivity index (χ3v) is 6.22. The number of esters is 1. The molecule has 0 radical (unpaired) electrons. The van der Waals surface area contributed by atoms with Crippen molar-refractivity contribution in [2.75, 3.05) is 41.1 Å². The van der Waals surface area contributed by atoms with Crippen molar-refractivity contribution >= 4 is 11.9 Å². The van der Waals surface area contributed by atoms with Gasteiger partial charge >= 0.3 is 5.97 Å². The highest BCUT2D eigenvalue weighted by molar-refractivity contribution is 5.86. The van der Waals surface area contributed by atoms with E-state index in [1.165, 1.54) is 59.9 Å². The van der Waals surface area contributed by atoms with Crippen LogP contribution in [-0.2, 0) is 20.7 Å². The Balaban J connectivity index is 0.000000589. The summed E-state index contributed by atoms with van der Waals surface area (Å²) in [6.07, 6.45) is 11.8. The van der Waals surface area contributed by atoms with E-state index in [1.807, 2.05) is 0 Å². The molecule has 1 saturated heterocycles. The first kappa shape index (κ1) is 27.8. The molecule has 1 amide bonds. The van der Waals surface area contributed by atoms with Gasteiger partial charge in [-0.1, -0.05) is 38.5 Å². The van der Waals surface area contributed by atoms with Crippen molar-refractivity contribution in [3.63, 3.8) is 0 Å². The monoisotopic (exact) mass is 479 g/mol. The van der Waals surface area contributed by atoms with E-state index in [2.05, 4.69) is 0 Å². The van der Waals surface area contributed by atoms with Crippen LogP contribution in [0.1, 0.15) is 69.8 Å². The van der Waals surface area contributed by atoms with Gasteiger partial charge in [0.25, 0.3) is 0 Å². The highest BCUT2D eigenvalue weighted by Crippen LogP contribution is 2.38. The van der Waals surface area contributed by atoms with E-state index in [-0.39, 0.29) is 25.5 Å². The second-order valence-electron chi connectivity index (χ2n) is 8.68. The Morgan fingerprint density at radius 3 is 2.00 bits per heavy atom. The SMILES string of the molecule is C1CCCCC1.COc1cc(CC(=O)N2CCCCC2C(=O)OCCCO)cc(OC)c1OC. The van der Waals surface area contributed by atoms with Gasteiger partial charge in [-0.25, -0.2) is 4.79 Å². The van der Waals surface area contributed by atoms with Crippen LogP contribution in [-0.4, -0.2) is 69.0 Å². The van der Waals surface area contributed by atoms with Crippen LogP contribution in [0, 0.1) is 0 Å². The van der Waals surface area contributed by atoms with E-state index in [4.69, 9.17) is 24.1 Å².